The van der Waals surface area contributed by atoms with E-state index in [4.69, 9.17) is 20.7 Å². The molecule has 10 N–H and O–H groups in total. The monoisotopic (exact) mass is 573 g/mol. The first-order valence-electron chi connectivity index (χ1n) is 10.3. The molecule has 0 aromatic carbocycles. The van der Waals surface area contributed by atoms with Gasteiger partial charge in [0.1, 0.15) is 24.4 Å². The lowest BCUT2D eigenvalue weighted by molar-refractivity contribution is -0.694. The molecule has 0 saturated carbocycles. The molecule has 0 radical (unpaired) electrons. The molecule has 4 aliphatic heterocycles. The van der Waals surface area contributed by atoms with Crippen LogP contribution in [-0.4, -0.2) is 93.7 Å². The second-order valence-corrected chi connectivity index (χ2v) is 12.7. The summed E-state index contributed by atoms with van der Waals surface area (Å²) in [6, 6.07) is 0. The number of aliphatic hydroxyl groups is 4. The van der Waals surface area contributed by atoms with Gasteiger partial charge in [-0.05, 0) is 0 Å². The highest BCUT2D eigenvalue weighted by Gasteiger charge is 2.50. The molecule has 10 atom stereocenters. The van der Waals surface area contributed by atoms with Crippen molar-refractivity contribution in [2.24, 2.45) is 0 Å². The second kappa shape index (κ2) is 9.09. The fraction of sp³-hybridized carbons (Fsp3) is 0.667. The Labute approximate surface area is 205 Å². The number of thioether (sulfide) groups is 1. The maximum atomic E-state index is 12.2. The lowest BCUT2D eigenvalue weighted by Crippen LogP contribution is -2.47. The van der Waals surface area contributed by atoms with Crippen molar-refractivity contribution in [1.82, 2.24) is 14.5 Å². The third-order valence-electron chi connectivity index (χ3n) is 5.95. The quantitative estimate of drug-likeness (QED) is 0.116. The van der Waals surface area contributed by atoms with Crippen LogP contribution in [0, 0.1) is 0 Å². The Balaban J connectivity index is 1.60. The largest absolute Gasteiger partial charge is 0.481 e. The first kappa shape index (κ1) is 26.2. The zero-order chi connectivity index (χ0) is 26.2. The Hall–Kier alpha value is -1.44. The van der Waals surface area contributed by atoms with Crippen LogP contribution in [0.1, 0.15) is 11.6 Å². The number of nitrogen functional groups attached to an aromatic ring is 2. The normalized spacial score (nSPS) is 43.7. The molecule has 36 heavy (non-hydrogen) atoms. The number of phosphoric acid groups is 2. The highest BCUT2D eigenvalue weighted by atomic mass is 32.2. The number of fused-ring (bicyclic) bond motifs is 7. The van der Waals surface area contributed by atoms with Crippen molar-refractivity contribution >= 4 is 50.3 Å². The zero-order valence-corrected chi connectivity index (χ0v) is 20.6. The summed E-state index contributed by atoms with van der Waals surface area (Å²) in [6.07, 6.45) is -7.76. The molecule has 0 spiro atoms. The van der Waals surface area contributed by atoms with Crippen LogP contribution >= 0.6 is 27.4 Å². The van der Waals surface area contributed by atoms with Gasteiger partial charge in [0.05, 0.1) is 24.6 Å². The van der Waals surface area contributed by atoms with Crippen LogP contribution in [0.3, 0.4) is 0 Å². The Bertz CT molecular complexity index is 1280. The number of hydrogen-bond acceptors (Lipinski definition) is 15. The lowest BCUT2D eigenvalue weighted by Gasteiger charge is -2.20. The molecule has 21 heteroatoms. The minimum absolute atomic E-state index is 0.0258. The van der Waals surface area contributed by atoms with Gasteiger partial charge in [-0.25, -0.2) is 18.7 Å². The third-order valence-corrected chi connectivity index (χ3v) is 10.1. The standard InChI is InChI=1S/C15H22N6O12P2S/c16-11-6-12-18-3-20(11)14-10(25)8(23)5(36-14)2-31-35(28,29)33-34(26,27)30-1-4-7(22)9(24)13(32-4)21(12)15(17)19-6/h3-5,7-10,13-14,16,22-25H,1-2H2,(H4,17,19,26,27,28,29)/p+1/t4-,5-,7-,8-,9-,10-,13-,14-/m1/s1. The summed E-state index contributed by atoms with van der Waals surface area (Å²) >= 11 is 0.916. The van der Waals surface area contributed by atoms with Gasteiger partial charge in [0.15, 0.2) is 17.1 Å². The molecule has 6 rings (SSSR count). The van der Waals surface area contributed by atoms with Crippen molar-refractivity contribution in [2.75, 3.05) is 24.7 Å². The fourth-order valence-corrected chi connectivity index (χ4v) is 7.83. The molecule has 2 unspecified atom stereocenters. The molecule has 2 aromatic heterocycles. The van der Waals surface area contributed by atoms with E-state index in [2.05, 4.69) is 18.8 Å². The second-order valence-electron chi connectivity index (χ2n) is 8.25. The summed E-state index contributed by atoms with van der Waals surface area (Å²) in [5, 5.41) is 40.1. The van der Waals surface area contributed by atoms with Crippen LogP contribution in [-0.2, 0) is 27.2 Å². The third kappa shape index (κ3) is 4.43. The number of ether oxygens (including phenoxy) is 1. The molecular weight excluding hydrogens is 550 g/mol. The number of imidazole rings is 1. The molecule has 6 heterocycles. The van der Waals surface area contributed by atoms with Gasteiger partial charge in [-0.15, -0.1) is 11.8 Å². The number of phosphoric ester groups is 2. The van der Waals surface area contributed by atoms with Crippen LogP contribution in [0.2, 0.25) is 0 Å². The van der Waals surface area contributed by atoms with E-state index in [0.29, 0.717) is 0 Å². The van der Waals surface area contributed by atoms with Gasteiger partial charge in [-0.2, -0.15) is 4.31 Å². The van der Waals surface area contributed by atoms with Gasteiger partial charge in [-0.1, -0.05) is 4.98 Å². The van der Waals surface area contributed by atoms with Gasteiger partial charge >= 0.3 is 15.6 Å². The van der Waals surface area contributed by atoms with Crippen LogP contribution in [0.5, 0.6) is 0 Å². The number of nitrogens with two attached hydrogens (primary N) is 2. The van der Waals surface area contributed by atoms with Crippen molar-refractivity contribution in [3.63, 3.8) is 0 Å². The Morgan fingerprint density at radius 2 is 1.69 bits per heavy atom. The van der Waals surface area contributed by atoms with E-state index in [1.54, 1.807) is 0 Å². The highest BCUT2D eigenvalue weighted by Crippen LogP contribution is 2.61. The summed E-state index contributed by atoms with van der Waals surface area (Å²) in [5.41, 5.74) is 12.4. The van der Waals surface area contributed by atoms with Crippen LogP contribution in [0.15, 0.2) is 6.33 Å². The number of nitrogens with zero attached hydrogens (tertiary/aromatic N) is 4. The van der Waals surface area contributed by atoms with Gasteiger partial charge < -0.3 is 46.4 Å². The molecule has 2 aromatic rings. The maximum Gasteiger partial charge on any atom is 0.481 e. The van der Waals surface area contributed by atoms with Crippen molar-refractivity contribution in [3.8, 4) is 0 Å². The summed E-state index contributed by atoms with van der Waals surface area (Å²) in [5.74, 6) is -0.233. The maximum absolute atomic E-state index is 12.2. The van der Waals surface area contributed by atoms with Crippen molar-refractivity contribution in [1.29, 1.82) is 0 Å². The SMILES string of the molecule is Nc1nc2c(N)[n+]3cnc2n1[C@@H]1O[C@H](COP(=O)(O)OP(=O)(O)OC[C@H]2S[C@@H]3[C@H](O)[C@@H]2O)[C@@H](O)[C@H]1O. The first-order chi connectivity index (χ1) is 16.8. The van der Waals surface area contributed by atoms with E-state index in [-0.39, 0.29) is 22.9 Å². The van der Waals surface area contributed by atoms with E-state index >= 15 is 0 Å². The molecule has 0 aliphatic carbocycles. The average Bonchev–Trinajstić information content (AvgIpc) is 3.37. The molecule has 18 nitrogen and oxygen atoms in total. The Morgan fingerprint density at radius 1 is 1.03 bits per heavy atom. The minimum Gasteiger partial charge on any atom is -0.389 e. The van der Waals surface area contributed by atoms with E-state index < -0.39 is 76.2 Å². The Morgan fingerprint density at radius 3 is 2.39 bits per heavy atom. The smallest absolute Gasteiger partial charge is 0.389 e. The van der Waals surface area contributed by atoms with Crippen molar-refractivity contribution in [3.05, 3.63) is 6.33 Å². The average molecular weight is 573 g/mol. The molecule has 4 aliphatic rings. The van der Waals surface area contributed by atoms with Gasteiger partial charge in [0, 0.05) is 0 Å². The van der Waals surface area contributed by atoms with Crippen LogP contribution < -0.4 is 16.0 Å². The van der Waals surface area contributed by atoms with E-state index in [1.807, 2.05) is 0 Å². The number of rotatable bonds is 0. The van der Waals surface area contributed by atoms with Crippen molar-refractivity contribution < 1.29 is 62.0 Å². The molecule has 200 valence electrons. The summed E-state index contributed by atoms with van der Waals surface area (Å²) in [4.78, 5) is 28.2. The molecular formula is C15H23N6O12P2S+. The first-order valence-corrected chi connectivity index (χ1v) is 14.3. The summed E-state index contributed by atoms with van der Waals surface area (Å²) in [6.45, 7) is -1.53. The molecule has 8 bridgehead atoms. The van der Waals surface area contributed by atoms with Gasteiger partial charge in [-0.3, -0.25) is 13.6 Å². The number of hydrogen-bond donors (Lipinski definition) is 8. The summed E-state index contributed by atoms with van der Waals surface area (Å²) in [7, 11) is -10.4. The highest BCUT2D eigenvalue weighted by molar-refractivity contribution is 8.00. The number of anilines is 2. The van der Waals surface area contributed by atoms with Crippen LogP contribution in [0.25, 0.3) is 11.2 Å². The van der Waals surface area contributed by atoms with Gasteiger partial charge in [0.25, 0.3) is 5.82 Å². The summed E-state index contributed by atoms with van der Waals surface area (Å²) < 4.78 is 46.2. The molecule has 0 amide bonds. The molecule has 2 fully saturated rings. The predicted octanol–water partition coefficient (Wildman–Crippen LogP) is -2.90. The van der Waals surface area contributed by atoms with Crippen LogP contribution in [0.4, 0.5) is 11.8 Å². The lowest BCUT2D eigenvalue weighted by atomic mass is 10.1. The minimum atomic E-state index is -5.24. The van der Waals surface area contributed by atoms with Crippen molar-refractivity contribution in [2.45, 2.75) is 47.4 Å². The fourth-order valence-electron chi connectivity index (χ4n) is 4.18. The number of aromatic nitrogens is 4. The Kier molecular flexibility index (Phi) is 6.61. The topological polar surface area (TPSA) is 279 Å². The number of aliphatic hydroxyl groups excluding tert-OH is 4. The van der Waals surface area contributed by atoms with E-state index in [1.165, 1.54) is 10.9 Å². The van der Waals surface area contributed by atoms with E-state index in [9.17, 15) is 39.3 Å². The molecule has 2 saturated heterocycles. The van der Waals surface area contributed by atoms with Gasteiger partial charge in [0.2, 0.25) is 17.9 Å². The van der Waals surface area contributed by atoms with E-state index in [0.717, 1.165) is 16.3 Å². The predicted molar refractivity (Wildman–Crippen MR) is 118 cm³/mol. The zero-order valence-electron chi connectivity index (χ0n) is 18.0.